The van der Waals surface area contributed by atoms with E-state index in [1.807, 2.05) is 64.1 Å². The molecule has 0 aromatic heterocycles. The molecule has 2 heterocycles. The second-order valence-electron chi connectivity index (χ2n) is 23.4. The minimum atomic E-state index is -1.03. The molecular formula is C66H90N10O14. The number of rotatable bonds is 34. The number of nitriles is 1. The van der Waals surface area contributed by atoms with Crippen molar-refractivity contribution in [2.45, 2.75) is 155 Å². The number of likely N-dealkylation sites (N-methyl/N-ethyl adjacent to an activating group) is 2. The summed E-state index contributed by atoms with van der Waals surface area (Å²) in [6.45, 7) is 12.4. The molecule has 3 aromatic rings. The smallest absolute Gasteiger partial charge is 0.410 e. The molecule has 0 saturated carbocycles. The van der Waals surface area contributed by atoms with Crippen LogP contribution < -0.4 is 31.3 Å². The number of likely N-dealkylation sites (tertiary alicyclic amines) is 1. The van der Waals surface area contributed by atoms with Crippen LogP contribution in [0.1, 0.15) is 117 Å². The van der Waals surface area contributed by atoms with E-state index in [1.165, 1.54) is 50.2 Å². The van der Waals surface area contributed by atoms with Gasteiger partial charge in [0.1, 0.15) is 24.4 Å². The van der Waals surface area contributed by atoms with E-state index in [4.69, 9.17) is 24.2 Å². The van der Waals surface area contributed by atoms with Gasteiger partial charge in [0.2, 0.25) is 41.4 Å². The van der Waals surface area contributed by atoms with Crippen LogP contribution in [0.3, 0.4) is 0 Å². The number of anilines is 1. The summed E-state index contributed by atoms with van der Waals surface area (Å²) in [5.74, 6) is -4.88. The number of nitrogens with zero attached hydrogens (tertiary/aromatic N) is 5. The molecule has 3 aromatic carbocycles. The van der Waals surface area contributed by atoms with Crippen molar-refractivity contribution in [1.82, 2.24) is 40.9 Å². The summed E-state index contributed by atoms with van der Waals surface area (Å²) in [7, 11) is 6.11. The highest BCUT2D eigenvalue weighted by Crippen LogP contribution is 2.30. The zero-order valence-electron chi connectivity index (χ0n) is 53.7. The lowest BCUT2D eigenvalue weighted by atomic mass is 9.90. The Hall–Kier alpha value is -8.69. The van der Waals surface area contributed by atoms with Gasteiger partial charge in [0, 0.05) is 59.6 Å². The minimum absolute atomic E-state index is 0.0422. The first kappa shape index (κ1) is 72.1. The Kier molecular flexibility index (Phi) is 28.4. The summed E-state index contributed by atoms with van der Waals surface area (Å²) in [4.78, 5) is 138. The molecule has 2 aliphatic rings. The molecule has 24 heteroatoms. The van der Waals surface area contributed by atoms with Gasteiger partial charge in [0.25, 0.3) is 11.8 Å². The molecule has 10 amide bonds. The van der Waals surface area contributed by atoms with Crippen molar-refractivity contribution < 1.29 is 66.9 Å². The predicted octanol–water partition coefficient (Wildman–Crippen LogP) is 5.39. The van der Waals surface area contributed by atoms with Crippen LogP contribution >= 0.6 is 0 Å². The SMILES string of the molecule is CC[C@@H](C)[C@@H]([C@@H](CC(=O)N1CCC[C@H]1[C@H](OC)[C@@H](C)C(=O)N[C@@H](C)Cc1ccccc1)OC)N(C)C(=O)CNC(=O)C(C(C)C)N(C)C(=O)OCc1ccc(NC(=O)[C@@H](C)NC(=O)CNC(=O)CCCCCN2C(=O)C=C(Oc3ccc(C#N)cc3)C2=O)cc1. The van der Waals surface area contributed by atoms with E-state index in [9.17, 15) is 47.9 Å². The third-order valence-corrected chi connectivity index (χ3v) is 16.4. The second kappa shape index (κ2) is 35.5. The topological polar surface area (TPSA) is 305 Å². The van der Waals surface area contributed by atoms with Crippen LogP contribution in [0.2, 0.25) is 0 Å². The Balaban J connectivity index is 1.01. The third-order valence-electron chi connectivity index (χ3n) is 16.4. The fourth-order valence-electron chi connectivity index (χ4n) is 11.2. The standard InChI is InChI=1S/C66H90N10O14/c1-12-42(4)60(52(87-10)35-56(79)75-33-19-22-51(75)61(88-11)44(6)62(82)70-43(5)34-46-20-15-13-16-21-46)73(8)58(81)39-69-64(84)59(41(2)3)74(9)66(86)89-40-48-24-28-49(29-25-48)72-63(83)45(7)71-55(78)38-68-54(77)23-17-14-18-32-76-57(80)36-53(65(76)85)90-50-30-26-47(37-67)27-31-50/h13,15-16,20-21,24-31,36,41-45,51-52,59-61H,12,14,17-19,22-23,32-35,38-40H2,1-11H3,(H,68,77)(H,69,84)(H,70,82)(H,71,78)(H,72,83)/t42-,43+,44-,45-,51+,52-,59?,60+,61-/m1/s1. The number of carbonyl (C=O) groups excluding carboxylic acids is 10. The summed E-state index contributed by atoms with van der Waals surface area (Å²) in [5.41, 5.74) is 2.47. The van der Waals surface area contributed by atoms with Gasteiger partial charge in [-0.3, -0.25) is 53.0 Å². The molecule has 0 spiro atoms. The van der Waals surface area contributed by atoms with Crippen LogP contribution in [0.4, 0.5) is 10.5 Å². The van der Waals surface area contributed by atoms with E-state index in [-0.39, 0.29) is 68.1 Å². The average Bonchev–Trinajstić information content (AvgIpc) is 2.50. The molecule has 1 fully saturated rings. The molecule has 488 valence electrons. The first-order chi connectivity index (χ1) is 42.9. The van der Waals surface area contributed by atoms with Gasteiger partial charge < -0.3 is 55.3 Å². The van der Waals surface area contributed by atoms with Crippen LogP contribution in [-0.4, -0.2) is 176 Å². The Bertz CT molecular complexity index is 3030. The van der Waals surface area contributed by atoms with Gasteiger partial charge >= 0.3 is 6.09 Å². The van der Waals surface area contributed by atoms with Crippen LogP contribution in [0.15, 0.2) is 90.7 Å². The van der Waals surface area contributed by atoms with Gasteiger partial charge in [0.15, 0.2) is 5.76 Å². The highest BCUT2D eigenvalue weighted by Gasteiger charge is 2.43. The molecule has 5 rings (SSSR count). The number of nitrogens with one attached hydrogen (secondary N) is 5. The lowest BCUT2D eigenvalue weighted by Gasteiger charge is -2.39. The predicted molar refractivity (Wildman–Crippen MR) is 334 cm³/mol. The van der Waals surface area contributed by atoms with E-state index in [0.29, 0.717) is 67.6 Å². The summed E-state index contributed by atoms with van der Waals surface area (Å²) in [6, 6.07) is 21.4. The maximum Gasteiger partial charge on any atom is 0.410 e. The van der Waals surface area contributed by atoms with Crippen LogP contribution in [-0.2, 0) is 70.4 Å². The van der Waals surface area contributed by atoms with E-state index in [2.05, 4.69) is 26.6 Å². The molecule has 0 aliphatic carbocycles. The number of amides is 10. The maximum atomic E-state index is 14.3. The summed E-state index contributed by atoms with van der Waals surface area (Å²) in [6.07, 6.45) is 3.15. The average molecular weight is 1250 g/mol. The molecule has 0 radical (unpaired) electrons. The van der Waals surface area contributed by atoms with Crippen molar-refractivity contribution >= 4 is 64.9 Å². The minimum Gasteiger partial charge on any atom is -0.451 e. The first-order valence-corrected chi connectivity index (χ1v) is 30.7. The monoisotopic (exact) mass is 1250 g/mol. The summed E-state index contributed by atoms with van der Waals surface area (Å²) < 4.78 is 23.1. The van der Waals surface area contributed by atoms with Gasteiger partial charge in [-0.15, -0.1) is 0 Å². The second-order valence-corrected chi connectivity index (χ2v) is 23.4. The molecule has 1 unspecified atom stereocenters. The third kappa shape index (κ3) is 21.0. The quantitative estimate of drug-likeness (QED) is 0.0370. The molecule has 24 nitrogen and oxygen atoms in total. The van der Waals surface area contributed by atoms with Gasteiger partial charge in [-0.25, -0.2) is 4.79 Å². The molecule has 90 heavy (non-hydrogen) atoms. The molecule has 1 saturated heterocycles. The van der Waals surface area contributed by atoms with Gasteiger partial charge in [0.05, 0.1) is 67.4 Å². The fourth-order valence-corrected chi connectivity index (χ4v) is 11.2. The van der Waals surface area contributed by atoms with Crippen molar-refractivity contribution in [3.63, 3.8) is 0 Å². The Labute approximate surface area is 528 Å². The Morgan fingerprint density at radius 3 is 2.08 bits per heavy atom. The largest absolute Gasteiger partial charge is 0.451 e. The zero-order chi connectivity index (χ0) is 66.2. The molecule has 5 N–H and O–H groups in total. The van der Waals surface area contributed by atoms with E-state index >= 15 is 0 Å². The lowest BCUT2D eigenvalue weighted by molar-refractivity contribution is -0.146. The maximum absolute atomic E-state index is 14.3. The van der Waals surface area contributed by atoms with Crippen LogP contribution in [0, 0.1) is 29.1 Å². The van der Waals surface area contributed by atoms with Crippen molar-refractivity contribution in [1.29, 1.82) is 5.26 Å². The van der Waals surface area contributed by atoms with Crippen LogP contribution in [0.5, 0.6) is 5.75 Å². The number of unbranched alkanes of at least 4 members (excludes halogenated alkanes) is 2. The van der Waals surface area contributed by atoms with E-state index in [0.717, 1.165) is 27.9 Å². The fraction of sp³-hybridized carbons (Fsp3) is 0.530. The van der Waals surface area contributed by atoms with Crippen molar-refractivity contribution in [3.05, 3.63) is 107 Å². The highest BCUT2D eigenvalue weighted by molar-refractivity contribution is 6.15. The number of methoxy groups -OCH3 is 2. The Morgan fingerprint density at radius 1 is 0.756 bits per heavy atom. The number of benzene rings is 3. The van der Waals surface area contributed by atoms with Crippen LogP contribution in [0.25, 0.3) is 0 Å². The molecule has 9 atom stereocenters. The summed E-state index contributed by atoms with van der Waals surface area (Å²) >= 11 is 0. The summed E-state index contributed by atoms with van der Waals surface area (Å²) in [5, 5.41) is 22.6. The van der Waals surface area contributed by atoms with Crippen molar-refractivity contribution in [2.75, 3.05) is 59.8 Å². The molecule has 2 aliphatic heterocycles. The highest BCUT2D eigenvalue weighted by atomic mass is 16.6. The van der Waals surface area contributed by atoms with Gasteiger partial charge in [-0.1, -0.05) is 89.9 Å². The first-order valence-electron chi connectivity index (χ1n) is 30.7. The normalized spacial score (nSPS) is 16.4. The van der Waals surface area contributed by atoms with Gasteiger partial charge in [-0.05, 0) is 105 Å². The lowest BCUT2D eigenvalue weighted by Crippen LogP contribution is -2.56. The number of carbonyl (C=O) groups is 10. The zero-order valence-corrected chi connectivity index (χ0v) is 53.7. The Morgan fingerprint density at radius 2 is 1.44 bits per heavy atom. The number of imide groups is 1. The number of ether oxygens (including phenoxy) is 4. The molecule has 0 bridgehead atoms. The van der Waals surface area contributed by atoms with E-state index < -0.39 is 96.2 Å². The van der Waals surface area contributed by atoms with Gasteiger partial charge in [-0.2, -0.15) is 5.26 Å². The van der Waals surface area contributed by atoms with E-state index in [1.54, 1.807) is 57.2 Å². The number of hydrogen-bond donors (Lipinski definition) is 5. The van der Waals surface area contributed by atoms with Crippen molar-refractivity contribution in [3.8, 4) is 11.8 Å². The molecular weight excluding hydrogens is 1160 g/mol. The van der Waals surface area contributed by atoms with Crippen molar-refractivity contribution in [2.24, 2.45) is 17.8 Å². The number of hydrogen-bond acceptors (Lipinski definition) is 15.